The topological polar surface area (TPSA) is 201 Å². The van der Waals surface area contributed by atoms with Crippen molar-refractivity contribution < 1.29 is 51.9 Å². The van der Waals surface area contributed by atoms with Crippen molar-refractivity contribution in [3.05, 3.63) is 89.0 Å². The highest BCUT2D eigenvalue weighted by Crippen LogP contribution is 2.65. The Labute approximate surface area is 385 Å². The van der Waals surface area contributed by atoms with Crippen LogP contribution in [0, 0.1) is 23.1 Å². The molecule has 1 aromatic heterocycles. The summed E-state index contributed by atoms with van der Waals surface area (Å²) in [4.78, 5) is 74.8. The summed E-state index contributed by atoms with van der Waals surface area (Å²) in [7, 11) is 0.373. The summed E-state index contributed by atoms with van der Waals surface area (Å²) in [5, 5.41) is 5.46. The predicted octanol–water partition coefficient (Wildman–Crippen LogP) is 4.95. The second-order valence-electron chi connectivity index (χ2n) is 18.7. The van der Waals surface area contributed by atoms with Gasteiger partial charge in [-0.25, -0.2) is 14.0 Å². The van der Waals surface area contributed by atoms with E-state index in [0.717, 1.165) is 24.5 Å². The van der Waals surface area contributed by atoms with Gasteiger partial charge in [0.05, 0.1) is 31.0 Å². The fourth-order valence-electron chi connectivity index (χ4n) is 9.56. The lowest BCUT2D eigenvalue weighted by molar-refractivity contribution is -0.199. The third-order valence-corrected chi connectivity index (χ3v) is 13.1. The summed E-state index contributed by atoms with van der Waals surface area (Å²) in [6, 6.07) is 12.3. The zero-order valence-corrected chi connectivity index (χ0v) is 38.7. The minimum absolute atomic E-state index is 0. The number of halogens is 2. The van der Waals surface area contributed by atoms with E-state index in [-0.39, 0.29) is 79.6 Å². The Morgan fingerprint density at radius 1 is 1.03 bits per heavy atom. The van der Waals surface area contributed by atoms with Crippen LogP contribution in [0.4, 0.5) is 9.18 Å². The Bertz CT molecular complexity index is 2270. The molecule has 4 N–H and O–H groups in total. The smallest absolute Gasteiger partial charge is 0.482 e. The van der Waals surface area contributed by atoms with Crippen molar-refractivity contribution in [2.75, 3.05) is 33.3 Å². The van der Waals surface area contributed by atoms with Gasteiger partial charge in [0.2, 0.25) is 5.91 Å². The molecule has 6 atom stereocenters. The number of nitrogens with zero attached hydrogens (tertiary/aromatic N) is 3. The molecule has 8 rings (SSSR count). The molecule has 2 saturated heterocycles. The Kier molecular flexibility index (Phi) is 14.9. The number of aromatic nitrogens is 1. The highest BCUT2D eigenvalue weighted by molar-refractivity contribution is 6.48. The van der Waals surface area contributed by atoms with E-state index in [1.165, 1.54) is 18.2 Å². The number of ether oxygens (including phenoxy) is 3. The standard InChI is InChI=1S/C46H58BFN6O10.ClH/c1-44(2,3)62-42(58)31-16-11-15-28(38(31)60-7)21-35(47-63-34-23-29-22-33(45(29,4)5)46(34,6)64-47)51-39(55)37(52-43(59)54-20-19-53(18-12-17-49)40(56)41(54)57)36-32(48)24-30(25-50-36)61-26-27-13-9-8-10-14-27;/h8-11,13-16,24-25,29,33-35,37H,12,17-23,26,49H2,1-7H3,(H,51,55)(H,52,59);1H/t29-,33-,34+,35-,37?,46-;/m0./s1. The van der Waals surface area contributed by atoms with E-state index in [4.69, 9.17) is 29.3 Å². The number of rotatable bonds is 15. The van der Waals surface area contributed by atoms with Crippen molar-refractivity contribution in [3.63, 3.8) is 0 Å². The summed E-state index contributed by atoms with van der Waals surface area (Å²) in [6.07, 6.45) is 3.07. The Morgan fingerprint density at radius 2 is 1.77 bits per heavy atom. The van der Waals surface area contributed by atoms with Gasteiger partial charge in [0.25, 0.3) is 0 Å². The lowest BCUT2D eigenvalue weighted by Crippen LogP contribution is -2.65. The number of amides is 5. The predicted molar refractivity (Wildman–Crippen MR) is 239 cm³/mol. The molecule has 65 heavy (non-hydrogen) atoms. The molecule has 5 aliphatic rings. The average molecular weight is 921 g/mol. The minimum atomic E-state index is -1.85. The first-order valence-corrected chi connectivity index (χ1v) is 21.8. The maximum atomic E-state index is 16.3. The maximum absolute atomic E-state index is 16.3. The molecule has 0 spiro atoms. The van der Waals surface area contributed by atoms with Crippen LogP contribution in [-0.4, -0.2) is 108 Å². The van der Waals surface area contributed by atoms with Crippen LogP contribution in [0.2, 0.25) is 0 Å². The molecule has 3 aromatic rings. The molecular formula is C46H59BClFN6O10. The molecule has 2 aromatic carbocycles. The average Bonchev–Trinajstić information content (AvgIpc) is 3.62. The van der Waals surface area contributed by atoms with Crippen LogP contribution in [-0.2, 0) is 41.5 Å². The van der Waals surface area contributed by atoms with E-state index in [1.807, 2.05) is 37.3 Å². The first kappa shape index (κ1) is 49.1. The number of carbonyl (C=O) groups excluding carboxylic acids is 5. The normalized spacial score (nSPS) is 23.0. The lowest BCUT2D eigenvalue weighted by Gasteiger charge is -2.64. The summed E-state index contributed by atoms with van der Waals surface area (Å²) in [5.41, 5.74) is 5.09. The van der Waals surface area contributed by atoms with Crippen molar-refractivity contribution in [1.29, 1.82) is 0 Å². The highest BCUT2D eigenvalue weighted by Gasteiger charge is 2.68. The van der Waals surface area contributed by atoms with Gasteiger partial charge in [0, 0.05) is 25.7 Å². The lowest BCUT2D eigenvalue weighted by atomic mass is 9.43. The molecule has 5 amide bonds. The number of methoxy groups -OCH3 is 1. The molecule has 3 saturated carbocycles. The van der Waals surface area contributed by atoms with Gasteiger partial charge < -0.3 is 44.8 Å². The number of nitrogens with one attached hydrogen (secondary N) is 2. The summed E-state index contributed by atoms with van der Waals surface area (Å²) >= 11 is 0. The van der Waals surface area contributed by atoms with Crippen LogP contribution in [0.1, 0.15) is 94.0 Å². The number of para-hydroxylation sites is 1. The van der Waals surface area contributed by atoms with Gasteiger partial charge in [0.15, 0.2) is 11.9 Å². The number of imide groups is 1. The van der Waals surface area contributed by atoms with E-state index in [2.05, 4.69) is 29.5 Å². The largest absolute Gasteiger partial charge is 0.496 e. The fourth-order valence-corrected chi connectivity index (χ4v) is 9.56. The third-order valence-electron chi connectivity index (χ3n) is 13.1. The van der Waals surface area contributed by atoms with E-state index < -0.39 is 71.5 Å². The zero-order valence-electron chi connectivity index (χ0n) is 37.9. The number of hydrogen-bond acceptors (Lipinski definition) is 12. The van der Waals surface area contributed by atoms with Crippen molar-refractivity contribution in [2.45, 2.75) is 103 Å². The van der Waals surface area contributed by atoms with E-state index in [9.17, 15) is 24.0 Å². The SMILES string of the molecule is COc1c(C[C@H](NC(=O)C(NC(=O)N2CCN(CCCN)C(=O)C2=O)c2ncc(OCc3ccccc3)cc2F)B2O[C@@H]3C[C@@H]4C[C@@H](C4(C)C)[C@]3(C)O2)cccc1C(=O)OC(C)(C)C.Cl. The minimum Gasteiger partial charge on any atom is -0.496 e. The van der Waals surface area contributed by atoms with Crippen LogP contribution in [0.15, 0.2) is 60.8 Å². The molecule has 1 unspecified atom stereocenters. The summed E-state index contributed by atoms with van der Waals surface area (Å²) in [6.45, 7) is 12.2. The number of piperazine rings is 1. The zero-order chi connectivity index (χ0) is 46.1. The van der Waals surface area contributed by atoms with Gasteiger partial charge in [-0.05, 0) is 94.4 Å². The molecule has 0 radical (unpaired) electrons. The van der Waals surface area contributed by atoms with Gasteiger partial charge >= 0.3 is 30.9 Å². The Morgan fingerprint density at radius 3 is 2.43 bits per heavy atom. The van der Waals surface area contributed by atoms with Crippen molar-refractivity contribution in [1.82, 2.24) is 25.4 Å². The summed E-state index contributed by atoms with van der Waals surface area (Å²) < 4.78 is 47.2. The summed E-state index contributed by atoms with van der Waals surface area (Å²) in [5.74, 6) is -4.73. The van der Waals surface area contributed by atoms with Crippen molar-refractivity contribution in [2.24, 2.45) is 23.0 Å². The van der Waals surface area contributed by atoms with Gasteiger partial charge in [-0.15, -0.1) is 12.4 Å². The Balaban J connectivity index is 0.00000700. The van der Waals surface area contributed by atoms with Crippen LogP contribution < -0.4 is 25.8 Å². The molecule has 2 aliphatic heterocycles. The van der Waals surface area contributed by atoms with Crippen molar-refractivity contribution >= 4 is 49.2 Å². The van der Waals surface area contributed by atoms with Crippen LogP contribution in [0.25, 0.3) is 0 Å². The molecule has 350 valence electrons. The molecule has 16 nitrogen and oxygen atoms in total. The van der Waals surface area contributed by atoms with Crippen molar-refractivity contribution in [3.8, 4) is 11.5 Å². The molecule has 2 bridgehead atoms. The highest BCUT2D eigenvalue weighted by atomic mass is 35.5. The van der Waals surface area contributed by atoms with Crippen LogP contribution >= 0.6 is 12.4 Å². The van der Waals surface area contributed by atoms with Crippen LogP contribution in [0.5, 0.6) is 11.5 Å². The molecular weight excluding hydrogens is 862 g/mol. The number of esters is 1. The number of urea groups is 1. The Hall–Kier alpha value is -5.30. The number of pyridine rings is 1. The van der Waals surface area contributed by atoms with Crippen LogP contribution in [0.3, 0.4) is 0 Å². The van der Waals surface area contributed by atoms with E-state index >= 15 is 4.39 Å². The van der Waals surface area contributed by atoms with Gasteiger partial charge in [-0.2, -0.15) is 0 Å². The maximum Gasteiger partial charge on any atom is 0.482 e. The first-order chi connectivity index (χ1) is 30.3. The number of carbonyl (C=O) groups is 5. The quantitative estimate of drug-likeness (QED) is 0.105. The van der Waals surface area contributed by atoms with Gasteiger partial charge in [-0.3, -0.25) is 24.3 Å². The van der Waals surface area contributed by atoms with E-state index in [1.54, 1.807) is 39.0 Å². The number of benzene rings is 2. The molecule has 3 heterocycles. The number of hydrogen-bond donors (Lipinski definition) is 3. The second-order valence-corrected chi connectivity index (χ2v) is 18.7. The molecule has 19 heteroatoms. The molecule has 5 fully saturated rings. The van der Waals surface area contributed by atoms with Gasteiger partial charge in [0.1, 0.15) is 35.0 Å². The van der Waals surface area contributed by atoms with E-state index in [0.29, 0.717) is 29.3 Å². The number of nitrogens with two attached hydrogens (primary N) is 1. The monoisotopic (exact) mass is 920 g/mol. The second kappa shape index (κ2) is 19.7. The molecule has 3 aliphatic carbocycles. The van der Waals surface area contributed by atoms with Gasteiger partial charge in [-0.1, -0.05) is 56.3 Å². The third kappa shape index (κ3) is 10.3. The fraction of sp³-hybridized carbons (Fsp3) is 0.522. The first-order valence-electron chi connectivity index (χ1n) is 21.8.